The molecule has 2 aromatic rings. The number of carbonyl (C=O) groups excluding carboxylic acids is 2. The summed E-state index contributed by atoms with van der Waals surface area (Å²) in [4.78, 5) is 34.8. The van der Waals surface area contributed by atoms with Crippen LogP contribution in [0.3, 0.4) is 0 Å². The predicted molar refractivity (Wildman–Crippen MR) is 120 cm³/mol. The summed E-state index contributed by atoms with van der Waals surface area (Å²) in [5.74, 6) is 1.51. The van der Waals surface area contributed by atoms with E-state index in [1.165, 1.54) is 0 Å². The Kier molecular flexibility index (Phi) is 7.49. The first kappa shape index (κ1) is 22.4. The number of rotatable bonds is 9. The van der Waals surface area contributed by atoms with Crippen LogP contribution in [0.1, 0.15) is 38.1 Å². The van der Waals surface area contributed by atoms with Crippen LogP contribution in [0.2, 0.25) is 0 Å². The molecule has 9 heteroatoms. The zero-order chi connectivity index (χ0) is 22.3. The normalized spacial score (nSPS) is 18.8. The Hall–Kier alpha value is -2.78. The van der Waals surface area contributed by atoms with Crippen molar-refractivity contribution in [2.75, 3.05) is 52.4 Å². The lowest BCUT2D eigenvalue weighted by molar-refractivity contribution is -0.127. The Morgan fingerprint density at radius 1 is 1.16 bits per heavy atom. The number of hydrogen-bond donors (Lipinski definition) is 1. The van der Waals surface area contributed by atoms with E-state index in [0.29, 0.717) is 31.2 Å². The summed E-state index contributed by atoms with van der Waals surface area (Å²) in [7, 11) is 0. The van der Waals surface area contributed by atoms with Crippen LogP contribution >= 0.6 is 0 Å². The van der Waals surface area contributed by atoms with Crippen LogP contribution in [0.15, 0.2) is 34.9 Å². The fourth-order valence-corrected chi connectivity index (χ4v) is 4.27. The topological polar surface area (TPSA) is 94.8 Å². The van der Waals surface area contributed by atoms with Crippen molar-refractivity contribution in [1.29, 1.82) is 0 Å². The Labute approximate surface area is 188 Å². The lowest BCUT2D eigenvalue weighted by Gasteiger charge is -2.36. The Morgan fingerprint density at radius 2 is 1.94 bits per heavy atom. The van der Waals surface area contributed by atoms with Gasteiger partial charge in [-0.25, -0.2) is 0 Å². The highest BCUT2D eigenvalue weighted by molar-refractivity contribution is 5.78. The number of aromatic nitrogens is 2. The van der Waals surface area contributed by atoms with Gasteiger partial charge in [0.05, 0.1) is 12.6 Å². The van der Waals surface area contributed by atoms with Crippen molar-refractivity contribution in [3.63, 3.8) is 0 Å². The highest BCUT2D eigenvalue weighted by atomic mass is 16.5. The Balaban J connectivity index is 1.16. The van der Waals surface area contributed by atoms with E-state index >= 15 is 0 Å². The number of likely N-dealkylation sites (tertiary alicyclic amines) is 1. The maximum atomic E-state index is 12.3. The molecule has 2 aliphatic heterocycles. The molecule has 1 atom stereocenters. The minimum atomic E-state index is 0.0317. The van der Waals surface area contributed by atoms with Gasteiger partial charge >= 0.3 is 0 Å². The molecule has 1 aromatic heterocycles. The number of benzene rings is 1. The first-order valence-corrected chi connectivity index (χ1v) is 11.5. The summed E-state index contributed by atoms with van der Waals surface area (Å²) < 4.78 is 5.52. The van der Waals surface area contributed by atoms with Gasteiger partial charge in [-0.05, 0) is 19.8 Å². The summed E-state index contributed by atoms with van der Waals surface area (Å²) >= 11 is 0. The molecule has 2 amide bonds. The van der Waals surface area contributed by atoms with Crippen LogP contribution in [0.5, 0.6) is 0 Å². The van der Waals surface area contributed by atoms with Gasteiger partial charge in [0, 0.05) is 57.8 Å². The molecule has 1 N–H and O–H groups in total. The molecule has 4 rings (SSSR count). The van der Waals surface area contributed by atoms with Crippen molar-refractivity contribution in [2.45, 2.75) is 32.2 Å². The number of nitrogens with one attached hydrogen (secondary N) is 1. The van der Waals surface area contributed by atoms with E-state index in [4.69, 9.17) is 4.52 Å². The first-order chi connectivity index (χ1) is 15.6. The molecule has 1 aromatic carbocycles. The Bertz CT molecular complexity index is 894. The fraction of sp³-hybridized carbons (Fsp3) is 0.565. The number of hydrogen-bond acceptors (Lipinski definition) is 7. The van der Waals surface area contributed by atoms with E-state index in [1.807, 2.05) is 35.2 Å². The average Bonchev–Trinajstić information content (AvgIpc) is 3.47. The SMILES string of the molecule is CC(c1nc(-c2ccccc2)no1)N1CCN(CC(=O)NCCCN2CCCC2=O)CC1. The number of amides is 2. The quantitative estimate of drug-likeness (QED) is 0.591. The predicted octanol–water partition coefficient (Wildman–Crippen LogP) is 1.54. The van der Waals surface area contributed by atoms with Crippen LogP contribution in [0.25, 0.3) is 11.4 Å². The van der Waals surface area contributed by atoms with Crippen LogP contribution < -0.4 is 5.32 Å². The van der Waals surface area contributed by atoms with Crippen molar-refractivity contribution < 1.29 is 14.1 Å². The van der Waals surface area contributed by atoms with Gasteiger partial charge in [-0.15, -0.1) is 0 Å². The van der Waals surface area contributed by atoms with E-state index in [-0.39, 0.29) is 17.9 Å². The van der Waals surface area contributed by atoms with Gasteiger partial charge in [0.25, 0.3) is 0 Å². The minimum absolute atomic E-state index is 0.0317. The molecule has 2 fully saturated rings. The largest absolute Gasteiger partial charge is 0.355 e. The number of carbonyl (C=O) groups is 2. The molecule has 1 unspecified atom stereocenters. The van der Waals surface area contributed by atoms with Crippen molar-refractivity contribution in [3.8, 4) is 11.4 Å². The smallest absolute Gasteiger partial charge is 0.244 e. The summed E-state index contributed by atoms with van der Waals surface area (Å²) in [6.07, 6.45) is 2.42. The molecule has 9 nitrogen and oxygen atoms in total. The lowest BCUT2D eigenvalue weighted by atomic mass is 10.2. The van der Waals surface area contributed by atoms with Gasteiger partial charge in [-0.3, -0.25) is 19.4 Å². The van der Waals surface area contributed by atoms with Crippen molar-refractivity contribution >= 4 is 11.8 Å². The monoisotopic (exact) mass is 440 g/mol. The summed E-state index contributed by atoms with van der Waals surface area (Å²) in [5.41, 5.74) is 0.942. The van der Waals surface area contributed by atoms with Crippen molar-refractivity contribution in [1.82, 2.24) is 30.2 Å². The second-order valence-electron chi connectivity index (χ2n) is 8.50. The summed E-state index contributed by atoms with van der Waals surface area (Å²) in [6, 6.07) is 9.84. The highest BCUT2D eigenvalue weighted by Gasteiger charge is 2.26. The number of nitrogens with zero attached hydrogens (tertiary/aromatic N) is 5. The molecular formula is C23H32N6O3. The fourth-order valence-electron chi connectivity index (χ4n) is 4.27. The molecule has 32 heavy (non-hydrogen) atoms. The average molecular weight is 441 g/mol. The molecular weight excluding hydrogens is 408 g/mol. The Morgan fingerprint density at radius 3 is 2.66 bits per heavy atom. The second kappa shape index (κ2) is 10.7. The van der Waals surface area contributed by atoms with Crippen molar-refractivity contribution in [2.24, 2.45) is 0 Å². The van der Waals surface area contributed by atoms with Crippen LogP contribution in [-0.2, 0) is 9.59 Å². The summed E-state index contributed by atoms with van der Waals surface area (Å²) in [6.45, 7) is 8.01. The van der Waals surface area contributed by atoms with Crippen LogP contribution in [0.4, 0.5) is 0 Å². The lowest BCUT2D eigenvalue weighted by Crippen LogP contribution is -2.50. The van der Waals surface area contributed by atoms with Gasteiger partial charge in [0.1, 0.15) is 0 Å². The van der Waals surface area contributed by atoms with Crippen LogP contribution in [-0.4, -0.2) is 89.0 Å². The zero-order valence-electron chi connectivity index (χ0n) is 18.7. The molecule has 172 valence electrons. The van der Waals surface area contributed by atoms with E-state index < -0.39 is 0 Å². The molecule has 2 saturated heterocycles. The van der Waals surface area contributed by atoms with Gasteiger partial charge in [0.15, 0.2) is 0 Å². The maximum Gasteiger partial charge on any atom is 0.244 e. The third kappa shape index (κ3) is 5.72. The molecule has 0 radical (unpaired) electrons. The summed E-state index contributed by atoms with van der Waals surface area (Å²) in [5, 5.41) is 7.11. The third-order valence-corrected chi connectivity index (χ3v) is 6.25. The van der Waals surface area contributed by atoms with E-state index in [9.17, 15) is 9.59 Å². The van der Waals surface area contributed by atoms with E-state index in [1.54, 1.807) is 0 Å². The van der Waals surface area contributed by atoms with E-state index in [2.05, 4.69) is 32.2 Å². The second-order valence-corrected chi connectivity index (χ2v) is 8.50. The highest BCUT2D eigenvalue weighted by Crippen LogP contribution is 2.23. The zero-order valence-corrected chi connectivity index (χ0v) is 18.7. The van der Waals surface area contributed by atoms with Gasteiger partial charge < -0.3 is 14.7 Å². The van der Waals surface area contributed by atoms with Crippen molar-refractivity contribution in [3.05, 3.63) is 36.2 Å². The first-order valence-electron chi connectivity index (χ1n) is 11.5. The maximum absolute atomic E-state index is 12.3. The number of piperazine rings is 1. The standard InChI is InChI=1S/C23H32N6O3/c1-18(23-25-22(26-32-23)19-7-3-2-4-8-19)28-15-13-27(14-16-28)17-20(30)24-10-6-12-29-11-5-9-21(29)31/h2-4,7-8,18H,5-6,9-17H2,1H3,(H,24,30). The van der Waals surface area contributed by atoms with E-state index in [0.717, 1.165) is 57.7 Å². The molecule has 0 saturated carbocycles. The molecule has 0 bridgehead atoms. The van der Waals surface area contributed by atoms with Gasteiger partial charge in [0.2, 0.25) is 23.5 Å². The van der Waals surface area contributed by atoms with Gasteiger partial charge in [-0.1, -0.05) is 35.5 Å². The minimum Gasteiger partial charge on any atom is -0.355 e. The van der Waals surface area contributed by atoms with Crippen LogP contribution in [0, 0.1) is 0 Å². The third-order valence-electron chi connectivity index (χ3n) is 6.25. The van der Waals surface area contributed by atoms with Gasteiger partial charge in [-0.2, -0.15) is 4.98 Å². The molecule has 3 heterocycles. The molecule has 0 aliphatic carbocycles. The molecule has 2 aliphatic rings. The molecule has 0 spiro atoms.